The van der Waals surface area contributed by atoms with Crippen molar-refractivity contribution in [1.29, 1.82) is 0 Å². The second-order valence-electron chi connectivity index (χ2n) is 3.81. The van der Waals surface area contributed by atoms with E-state index >= 15 is 0 Å². The number of carbonyl (C=O) groups is 1. The number of unbranched alkanes of at least 4 members (excludes halogenated alkanes) is 2. The van der Waals surface area contributed by atoms with E-state index in [1.807, 2.05) is 0 Å². The molecule has 90 valence electrons. The summed E-state index contributed by atoms with van der Waals surface area (Å²) in [5, 5.41) is 9.12. The Morgan fingerprint density at radius 2 is 2.29 bits per heavy atom. The molecule has 1 heterocycles. The van der Waals surface area contributed by atoms with Crippen LogP contribution in [0.15, 0.2) is 24.4 Å². The number of aliphatic carboxylic acids is 1. The van der Waals surface area contributed by atoms with Gasteiger partial charge in [0.1, 0.15) is 5.92 Å². The molecule has 0 fully saturated rings. The number of hydrogen-bond donors (Lipinski definition) is 1. The van der Waals surface area contributed by atoms with Crippen LogP contribution in [0.2, 0.25) is 0 Å². The van der Waals surface area contributed by atoms with Gasteiger partial charge < -0.3 is 5.11 Å². The molecule has 1 aromatic heterocycles. The molecule has 0 spiro atoms. The molecular formula is C14H17NO2. The molecule has 0 aliphatic carbocycles. The molecule has 1 aromatic rings. The Kier molecular flexibility index (Phi) is 5.81. The quantitative estimate of drug-likeness (QED) is 0.626. The molecule has 1 N–H and O–H groups in total. The smallest absolute Gasteiger partial charge is 0.313 e. The summed E-state index contributed by atoms with van der Waals surface area (Å²) in [7, 11) is 0. The Morgan fingerprint density at radius 1 is 1.47 bits per heavy atom. The van der Waals surface area contributed by atoms with Crippen molar-refractivity contribution in [2.75, 3.05) is 0 Å². The Bertz CT molecular complexity index is 403. The zero-order valence-corrected chi connectivity index (χ0v) is 10.0. The van der Waals surface area contributed by atoms with Crippen molar-refractivity contribution in [1.82, 2.24) is 4.98 Å². The first kappa shape index (κ1) is 13.2. The minimum absolute atomic E-state index is 0.329. The number of hydrogen-bond acceptors (Lipinski definition) is 2. The molecule has 0 amide bonds. The number of aromatic nitrogens is 1. The molecule has 3 heteroatoms. The van der Waals surface area contributed by atoms with E-state index in [0.717, 1.165) is 19.3 Å². The summed E-state index contributed by atoms with van der Waals surface area (Å²) in [5.41, 5.74) is 0.574. The first-order valence-corrected chi connectivity index (χ1v) is 5.85. The van der Waals surface area contributed by atoms with E-state index in [0.29, 0.717) is 12.1 Å². The van der Waals surface area contributed by atoms with Gasteiger partial charge in [-0.05, 0) is 18.6 Å². The third-order valence-electron chi connectivity index (χ3n) is 2.43. The predicted octanol–water partition coefficient (Wildman–Crippen LogP) is 2.83. The summed E-state index contributed by atoms with van der Waals surface area (Å²) < 4.78 is 0. The van der Waals surface area contributed by atoms with Gasteiger partial charge in [0.05, 0.1) is 5.69 Å². The van der Waals surface area contributed by atoms with E-state index in [1.54, 1.807) is 24.4 Å². The highest BCUT2D eigenvalue weighted by molar-refractivity contribution is 5.75. The Labute approximate surface area is 102 Å². The first-order valence-electron chi connectivity index (χ1n) is 5.85. The number of nitrogens with zero attached hydrogens (tertiary/aromatic N) is 1. The summed E-state index contributed by atoms with van der Waals surface area (Å²) in [5.74, 6) is 4.44. The van der Waals surface area contributed by atoms with Gasteiger partial charge in [-0.3, -0.25) is 9.78 Å². The van der Waals surface area contributed by atoms with Crippen LogP contribution in [0.25, 0.3) is 0 Å². The van der Waals surface area contributed by atoms with Crippen LogP contribution in [0.4, 0.5) is 0 Å². The maximum absolute atomic E-state index is 11.1. The van der Waals surface area contributed by atoms with Gasteiger partial charge >= 0.3 is 5.97 Å². The molecule has 3 nitrogen and oxygen atoms in total. The minimum Gasteiger partial charge on any atom is -0.481 e. The molecule has 17 heavy (non-hydrogen) atoms. The molecule has 1 unspecified atom stereocenters. The van der Waals surface area contributed by atoms with Gasteiger partial charge in [0.2, 0.25) is 0 Å². The van der Waals surface area contributed by atoms with Crippen LogP contribution in [0.1, 0.15) is 44.2 Å². The van der Waals surface area contributed by atoms with Crippen LogP contribution in [-0.2, 0) is 4.79 Å². The van der Waals surface area contributed by atoms with Crippen molar-refractivity contribution in [3.8, 4) is 11.8 Å². The summed E-state index contributed by atoms with van der Waals surface area (Å²) >= 11 is 0. The van der Waals surface area contributed by atoms with E-state index in [4.69, 9.17) is 5.11 Å². The van der Waals surface area contributed by atoms with E-state index in [-0.39, 0.29) is 0 Å². The highest BCUT2D eigenvalue weighted by atomic mass is 16.4. The van der Waals surface area contributed by atoms with E-state index < -0.39 is 11.9 Å². The van der Waals surface area contributed by atoms with Crippen molar-refractivity contribution in [2.24, 2.45) is 0 Å². The van der Waals surface area contributed by atoms with Gasteiger partial charge in [-0.2, -0.15) is 0 Å². The summed E-state index contributed by atoms with van der Waals surface area (Å²) in [6.45, 7) is 2.11. The highest BCUT2D eigenvalue weighted by Crippen LogP contribution is 2.16. The number of pyridine rings is 1. The lowest BCUT2D eigenvalue weighted by molar-refractivity contribution is -0.138. The molecule has 0 radical (unpaired) electrons. The predicted molar refractivity (Wildman–Crippen MR) is 66.5 cm³/mol. The van der Waals surface area contributed by atoms with Crippen LogP contribution < -0.4 is 0 Å². The van der Waals surface area contributed by atoms with E-state index in [2.05, 4.69) is 23.7 Å². The third-order valence-corrected chi connectivity index (χ3v) is 2.43. The number of carboxylic acids is 1. The maximum Gasteiger partial charge on any atom is 0.313 e. The van der Waals surface area contributed by atoms with E-state index in [1.165, 1.54) is 0 Å². The zero-order valence-electron chi connectivity index (χ0n) is 10.0. The van der Waals surface area contributed by atoms with Crippen LogP contribution >= 0.6 is 0 Å². The van der Waals surface area contributed by atoms with Crippen molar-refractivity contribution in [3.05, 3.63) is 30.1 Å². The fourth-order valence-corrected chi connectivity index (χ4v) is 1.43. The zero-order chi connectivity index (χ0) is 12.5. The summed E-state index contributed by atoms with van der Waals surface area (Å²) in [6.07, 6.45) is 4.95. The van der Waals surface area contributed by atoms with Gasteiger partial charge in [0, 0.05) is 19.0 Å². The van der Waals surface area contributed by atoms with Crippen molar-refractivity contribution < 1.29 is 9.90 Å². The number of carboxylic acid groups (broad SMARTS) is 1. The van der Waals surface area contributed by atoms with Gasteiger partial charge in [-0.15, -0.1) is 11.8 Å². The average Bonchev–Trinajstić information content (AvgIpc) is 2.34. The molecule has 1 rings (SSSR count). The second kappa shape index (κ2) is 7.45. The fraction of sp³-hybridized carbons (Fsp3) is 0.429. The Morgan fingerprint density at radius 3 is 2.88 bits per heavy atom. The normalized spacial score (nSPS) is 11.4. The molecule has 0 aromatic carbocycles. The SMILES string of the molecule is CCCCC#CCC(C(=O)O)c1ccccn1. The first-order chi connectivity index (χ1) is 8.25. The Balaban J connectivity index is 2.61. The van der Waals surface area contributed by atoms with Crippen molar-refractivity contribution in [2.45, 2.75) is 38.5 Å². The lowest BCUT2D eigenvalue weighted by atomic mass is 10.0. The minimum atomic E-state index is -0.867. The fourth-order valence-electron chi connectivity index (χ4n) is 1.43. The van der Waals surface area contributed by atoms with Crippen LogP contribution in [-0.4, -0.2) is 16.1 Å². The topological polar surface area (TPSA) is 50.2 Å². The van der Waals surface area contributed by atoms with E-state index in [9.17, 15) is 4.79 Å². The van der Waals surface area contributed by atoms with Crippen molar-refractivity contribution in [3.63, 3.8) is 0 Å². The molecule has 0 aliphatic heterocycles. The Hall–Kier alpha value is -1.82. The molecule has 1 atom stereocenters. The number of rotatable bonds is 5. The monoisotopic (exact) mass is 231 g/mol. The average molecular weight is 231 g/mol. The second-order valence-corrected chi connectivity index (χ2v) is 3.81. The molecule has 0 saturated carbocycles. The highest BCUT2D eigenvalue weighted by Gasteiger charge is 2.19. The molecule has 0 bridgehead atoms. The largest absolute Gasteiger partial charge is 0.481 e. The summed E-state index contributed by atoms with van der Waals surface area (Å²) in [6, 6.07) is 5.30. The van der Waals surface area contributed by atoms with Gasteiger partial charge in [-0.1, -0.05) is 19.4 Å². The standard InChI is InChI=1S/C14H17NO2/c1-2-3-4-5-6-9-12(14(16)17)13-10-7-8-11-15-13/h7-8,10-12H,2-4,9H2,1H3,(H,16,17). The van der Waals surface area contributed by atoms with Crippen LogP contribution in [0.5, 0.6) is 0 Å². The summed E-state index contributed by atoms with van der Waals surface area (Å²) in [4.78, 5) is 15.2. The third kappa shape index (κ3) is 4.69. The van der Waals surface area contributed by atoms with Gasteiger partial charge in [0.25, 0.3) is 0 Å². The molecule has 0 aliphatic rings. The maximum atomic E-state index is 11.1. The molecule has 0 saturated heterocycles. The lowest BCUT2D eigenvalue weighted by Crippen LogP contribution is -2.12. The van der Waals surface area contributed by atoms with Gasteiger partial charge in [-0.25, -0.2) is 0 Å². The van der Waals surface area contributed by atoms with Crippen LogP contribution in [0.3, 0.4) is 0 Å². The van der Waals surface area contributed by atoms with Gasteiger partial charge in [0.15, 0.2) is 0 Å². The van der Waals surface area contributed by atoms with Crippen LogP contribution in [0, 0.1) is 11.8 Å². The van der Waals surface area contributed by atoms with Crippen molar-refractivity contribution >= 4 is 5.97 Å². The lowest BCUT2D eigenvalue weighted by Gasteiger charge is -2.07. The molecular weight excluding hydrogens is 214 g/mol.